The fourth-order valence-electron chi connectivity index (χ4n) is 2.09. The van der Waals surface area contributed by atoms with Gasteiger partial charge in [-0.1, -0.05) is 13.3 Å². The first kappa shape index (κ1) is 9.24. The van der Waals surface area contributed by atoms with E-state index in [4.69, 9.17) is 5.11 Å². The molecule has 0 unspecified atom stereocenters. The molecular formula is C10H14N2O2. The second-order valence-corrected chi connectivity index (χ2v) is 3.85. The van der Waals surface area contributed by atoms with Crippen molar-refractivity contribution >= 4 is 5.97 Å². The number of carboxylic acid groups (broad SMARTS) is 1. The van der Waals surface area contributed by atoms with Crippen LogP contribution in [0.25, 0.3) is 0 Å². The maximum absolute atomic E-state index is 10.8. The summed E-state index contributed by atoms with van der Waals surface area (Å²) in [4.78, 5) is 10.8. The summed E-state index contributed by atoms with van der Waals surface area (Å²) in [5, 5.41) is 15.6. The van der Waals surface area contributed by atoms with E-state index in [1.165, 1.54) is 0 Å². The van der Waals surface area contributed by atoms with Crippen LogP contribution in [0.3, 0.4) is 0 Å². The number of rotatable bonds is 2. The zero-order valence-corrected chi connectivity index (χ0v) is 8.21. The molecule has 1 aromatic heterocycles. The number of carbonyl (C=O) groups is 1. The highest BCUT2D eigenvalue weighted by atomic mass is 16.4. The molecule has 1 atom stereocenters. The molecule has 1 heterocycles. The molecule has 0 aliphatic heterocycles. The van der Waals surface area contributed by atoms with Crippen LogP contribution in [-0.4, -0.2) is 21.3 Å². The van der Waals surface area contributed by atoms with Crippen molar-refractivity contribution in [1.82, 2.24) is 10.2 Å². The third-order valence-electron chi connectivity index (χ3n) is 3.03. The van der Waals surface area contributed by atoms with Crippen molar-refractivity contribution in [3.05, 3.63) is 17.0 Å². The Labute approximate surface area is 82.3 Å². The monoisotopic (exact) mass is 194 g/mol. The largest absolute Gasteiger partial charge is 0.476 e. The molecule has 0 spiro atoms. The minimum atomic E-state index is -0.917. The average molecular weight is 194 g/mol. The first-order valence-electron chi connectivity index (χ1n) is 5.01. The smallest absolute Gasteiger partial charge is 0.356 e. The number of nitrogens with one attached hydrogen (secondary N) is 1. The number of aromatic amines is 1. The van der Waals surface area contributed by atoms with Crippen LogP contribution < -0.4 is 0 Å². The summed E-state index contributed by atoms with van der Waals surface area (Å²) in [5.41, 5.74) is 2.17. The molecule has 0 amide bonds. The second kappa shape index (κ2) is 3.44. The topological polar surface area (TPSA) is 66.0 Å². The van der Waals surface area contributed by atoms with Gasteiger partial charge in [0.05, 0.1) is 0 Å². The van der Waals surface area contributed by atoms with Gasteiger partial charge in [-0.2, -0.15) is 5.10 Å². The quantitative estimate of drug-likeness (QED) is 0.751. The highest BCUT2D eigenvalue weighted by Gasteiger charge is 2.25. The summed E-state index contributed by atoms with van der Waals surface area (Å²) in [6.45, 7) is 2.15. The maximum atomic E-state index is 10.8. The number of hydrogen-bond acceptors (Lipinski definition) is 2. The van der Waals surface area contributed by atoms with Gasteiger partial charge in [-0.05, 0) is 25.2 Å². The van der Waals surface area contributed by atoms with Gasteiger partial charge in [0, 0.05) is 11.3 Å². The summed E-state index contributed by atoms with van der Waals surface area (Å²) in [6, 6.07) is 0. The van der Waals surface area contributed by atoms with Crippen LogP contribution in [0.2, 0.25) is 0 Å². The predicted molar refractivity (Wildman–Crippen MR) is 51.4 cm³/mol. The Morgan fingerprint density at radius 3 is 3.14 bits per heavy atom. The number of hydrogen-bond donors (Lipinski definition) is 2. The van der Waals surface area contributed by atoms with E-state index in [2.05, 4.69) is 17.1 Å². The number of fused-ring (bicyclic) bond motifs is 1. The van der Waals surface area contributed by atoms with Crippen molar-refractivity contribution in [2.45, 2.75) is 32.6 Å². The van der Waals surface area contributed by atoms with Gasteiger partial charge in [-0.25, -0.2) is 4.79 Å². The van der Waals surface area contributed by atoms with Gasteiger partial charge in [0.2, 0.25) is 0 Å². The first-order chi connectivity index (χ1) is 6.72. The zero-order chi connectivity index (χ0) is 10.1. The Hall–Kier alpha value is -1.32. The lowest BCUT2D eigenvalue weighted by Crippen LogP contribution is -2.15. The van der Waals surface area contributed by atoms with E-state index in [-0.39, 0.29) is 5.69 Å². The molecule has 1 aromatic rings. The van der Waals surface area contributed by atoms with Crippen LogP contribution in [-0.2, 0) is 12.8 Å². The van der Waals surface area contributed by atoms with E-state index >= 15 is 0 Å². The third-order valence-corrected chi connectivity index (χ3v) is 3.03. The molecular weight excluding hydrogens is 180 g/mol. The van der Waals surface area contributed by atoms with Gasteiger partial charge in [0.15, 0.2) is 5.69 Å². The lowest BCUT2D eigenvalue weighted by atomic mass is 9.85. The number of nitrogens with zero attached hydrogens (tertiary/aromatic N) is 1. The number of H-pyrrole nitrogens is 1. The van der Waals surface area contributed by atoms with Gasteiger partial charge >= 0.3 is 5.97 Å². The fraction of sp³-hybridized carbons (Fsp3) is 0.600. The first-order valence-corrected chi connectivity index (χ1v) is 5.01. The number of aromatic carboxylic acids is 1. The SMILES string of the molecule is CC[C@@H]1CCc2[nH]nc(C(=O)O)c2C1. The Morgan fingerprint density at radius 1 is 1.71 bits per heavy atom. The Morgan fingerprint density at radius 2 is 2.50 bits per heavy atom. The van der Waals surface area contributed by atoms with E-state index in [1.807, 2.05) is 0 Å². The van der Waals surface area contributed by atoms with Gasteiger partial charge in [0.25, 0.3) is 0 Å². The van der Waals surface area contributed by atoms with Crippen LogP contribution >= 0.6 is 0 Å². The van der Waals surface area contributed by atoms with Crippen molar-refractivity contribution in [3.63, 3.8) is 0 Å². The molecule has 1 aliphatic rings. The zero-order valence-electron chi connectivity index (χ0n) is 8.21. The van der Waals surface area contributed by atoms with Crippen molar-refractivity contribution in [2.75, 3.05) is 0 Å². The molecule has 14 heavy (non-hydrogen) atoms. The van der Waals surface area contributed by atoms with Crippen molar-refractivity contribution in [2.24, 2.45) is 5.92 Å². The summed E-state index contributed by atoms with van der Waals surface area (Å²) in [7, 11) is 0. The van der Waals surface area contributed by atoms with Gasteiger partial charge < -0.3 is 5.11 Å². The molecule has 4 nitrogen and oxygen atoms in total. The van der Waals surface area contributed by atoms with E-state index in [0.29, 0.717) is 5.92 Å². The average Bonchev–Trinajstić information content (AvgIpc) is 2.59. The highest BCUT2D eigenvalue weighted by molar-refractivity contribution is 5.87. The highest BCUT2D eigenvalue weighted by Crippen LogP contribution is 2.28. The lowest BCUT2D eigenvalue weighted by Gasteiger charge is -2.20. The Bertz CT molecular complexity index is 357. The van der Waals surface area contributed by atoms with Crippen LogP contribution in [0.4, 0.5) is 0 Å². The summed E-state index contributed by atoms with van der Waals surface area (Å²) in [6.07, 6.45) is 4.06. The number of aromatic nitrogens is 2. The molecule has 0 saturated heterocycles. The van der Waals surface area contributed by atoms with Gasteiger partial charge in [0.1, 0.15) is 0 Å². The molecule has 0 saturated carbocycles. The lowest BCUT2D eigenvalue weighted by molar-refractivity contribution is 0.0689. The van der Waals surface area contributed by atoms with Crippen molar-refractivity contribution < 1.29 is 9.90 Å². The molecule has 4 heteroatoms. The normalized spacial score (nSPS) is 20.5. The Balaban J connectivity index is 2.32. The van der Waals surface area contributed by atoms with Crippen LogP contribution in [0.15, 0.2) is 0 Å². The van der Waals surface area contributed by atoms with Crippen molar-refractivity contribution in [1.29, 1.82) is 0 Å². The summed E-state index contributed by atoms with van der Waals surface area (Å²) >= 11 is 0. The summed E-state index contributed by atoms with van der Waals surface area (Å²) in [5.74, 6) is -0.294. The minimum absolute atomic E-state index is 0.221. The van der Waals surface area contributed by atoms with Gasteiger partial charge in [-0.3, -0.25) is 5.10 Å². The molecule has 76 valence electrons. The molecule has 2 rings (SSSR count). The minimum Gasteiger partial charge on any atom is -0.476 e. The molecule has 1 aliphatic carbocycles. The van der Waals surface area contributed by atoms with Crippen LogP contribution in [0, 0.1) is 5.92 Å². The number of carboxylic acids is 1. The maximum Gasteiger partial charge on any atom is 0.356 e. The molecule has 0 aromatic carbocycles. The van der Waals surface area contributed by atoms with Crippen molar-refractivity contribution in [3.8, 4) is 0 Å². The predicted octanol–water partition coefficient (Wildman–Crippen LogP) is 1.62. The van der Waals surface area contributed by atoms with Gasteiger partial charge in [-0.15, -0.1) is 0 Å². The van der Waals surface area contributed by atoms with E-state index < -0.39 is 5.97 Å². The second-order valence-electron chi connectivity index (χ2n) is 3.85. The van der Waals surface area contributed by atoms with E-state index in [1.54, 1.807) is 0 Å². The molecule has 2 N–H and O–H groups in total. The third kappa shape index (κ3) is 1.41. The fourth-order valence-corrected chi connectivity index (χ4v) is 2.09. The summed E-state index contributed by atoms with van der Waals surface area (Å²) < 4.78 is 0. The molecule has 0 radical (unpaired) electrons. The van der Waals surface area contributed by atoms with Crippen LogP contribution in [0.1, 0.15) is 41.5 Å². The Kier molecular flexibility index (Phi) is 2.27. The standard InChI is InChI=1S/C10H14N2O2/c1-2-6-3-4-8-7(5-6)9(10(13)14)12-11-8/h6H,2-5H2,1H3,(H,11,12)(H,13,14)/t6-/m1/s1. The van der Waals surface area contributed by atoms with E-state index in [0.717, 1.165) is 36.9 Å². The molecule has 0 bridgehead atoms. The van der Waals surface area contributed by atoms with Crippen LogP contribution in [0.5, 0.6) is 0 Å². The number of aryl methyl sites for hydroxylation is 1. The molecule has 0 fully saturated rings. The van der Waals surface area contributed by atoms with E-state index in [9.17, 15) is 4.79 Å².